The van der Waals surface area contributed by atoms with Gasteiger partial charge in [0.25, 0.3) is 10.9 Å². The first-order valence-electron chi connectivity index (χ1n) is 6.07. The summed E-state index contributed by atoms with van der Waals surface area (Å²) in [5, 5.41) is 9.30. The Morgan fingerprint density at radius 1 is 1.22 bits per heavy atom. The number of nitrogens with zero attached hydrogens (tertiary/aromatic N) is 1. The van der Waals surface area contributed by atoms with Crippen molar-refractivity contribution >= 4 is 28.3 Å². The fraction of sp³-hybridized carbons (Fsp3) is 1.00. The van der Waals surface area contributed by atoms with Crippen molar-refractivity contribution in [2.24, 2.45) is 11.8 Å². The summed E-state index contributed by atoms with van der Waals surface area (Å²) in [5.41, 5.74) is -0.799. The van der Waals surface area contributed by atoms with E-state index in [1.54, 1.807) is 0 Å². The molecule has 0 N–H and O–H groups in total. The van der Waals surface area contributed by atoms with Gasteiger partial charge in [-0.15, -0.1) is 10.1 Å². The molecule has 0 amide bonds. The molecule has 0 aromatic carbocycles. The van der Waals surface area contributed by atoms with Gasteiger partial charge in [-0.1, -0.05) is 0 Å². The van der Waals surface area contributed by atoms with E-state index in [1.807, 2.05) is 0 Å². The first kappa shape index (κ1) is 13.0. The Kier molecular flexibility index (Phi) is 2.73. The van der Waals surface area contributed by atoms with Gasteiger partial charge in [-0.25, -0.2) is 0 Å². The lowest BCUT2D eigenvalue weighted by Gasteiger charge is -2.60. The Morgan fingerprint density at radius 3 is 2.22 bits per heavy atom. The van der Waals surface area contributed by atoms with E-state index in [0.29, 0.717) is 31.1 Å². The van der Waals surface area contributed by atoms with E-state index >= 15 is 0 Å². The first-order chi connectivity index (χ1) is 8.24. The number of halogens is 2. The molecule has 4 atom stereocenters. The van der Waals surface area contributed by atoms with Gasteiger partial charge in [-0.3, -0.25) is 4.57 Å². The third kappa shape index (κ3) is 1.86. The lowest BCUT2D eigenvalue weighted by Crippen LogP contribution is -2.59. The molecule has 8 heteroatoms. The minimum atomic E-state index is -3.31. The highest BCUT2D eigenvalue weighted by molar-refractivity contribution is 8.09. The molecule has 4 fully saturated rings. The summed E-state index contributed by atoms with van der Waals surface area (Å²) in [6, 6.07) is 0. The van der Waals surface area contributed by atoms with Gasteiger partial charge in [0.15, 0.2) is 0 Å². The fourth-order valence-electron chi connectivity index (χ4n) is 4.70. The zero-order chi connectivity index (χ0) is 13.2. The Morgan fingerprint density at radius 2 is 1.78 bits per heavy atom. The smallest absolute Gasteiger partial charge is 0.295 e. The molecule has 0 radical (unpaired) electrons. The Bertz CT molecular complexity index is 437. The molecule has 0 spiro atoms. The lowest BCUT2D eigenvalue weighted by atomic mass is 9.54. The third-order valence-corrected chi connectivity index (χ3v) is 8.58. The molecule has 0 heterocycles. The maximum atomic E-state index is 12.2. The van der Waals surface area contributed by atoms with Crippen molar-refractivity contribution in [3.8, 4) is 0 Å². The zero-order valence-corrected chi connectivity index (χ0v) is 12.1. The van der Waals surface area contributed by atoms with Gasteiger partial charge >= 0.3 is 0 Å². The van der Waals surface area contributed by atoms with Gasteiger partial charge in [0, 0.05) is 0 Å². The van der Waals surface area contributed by atoms with E-state index in [4.69, 9.17) is 27.3 Å². The Balaban J connectivity index is 1.98. The molecule has 102 valence electrons. The minimum absolute atomic E-state index is 0.303. The summed E-state index contributed by atoms with van der Waals surface area (Å²) in [5.74, 6) is -2.70. The van der Waals surface area contributed by atoms with Gasteiger partial charge in [-0.05, 0) is 72.8 Å². The number of rotatable bonds is 3. The molecule has 0 saturated heterocycles. The van der Waals surface area contributed by atoms with Crippen LogP contribution in [-0.4, -0.2) is 15.8 Å². The van der Waals surface area contributed by atoms with Crippen LogP contribution >= 0.6 is 28.3 Å². The van der Waals surface area contributed by atoms with Gasteiger partial charge in [0.1, 0.15) is 5.60 Å². The molecular formula is C10H14Cl2NO4P. The summed E-state index contributed by atoms with van der Waals surface area (Å²) >= 11 is 11.9. The van der Waals surface area contributed by atoms with E-state index in [0.717, 1.165) is 19.3 Å². The highest BCUT2D eigenvalue weighted by Gasteiger charge is 2.64. The maximum absolute atomic E-state index is 12.2. The molecule has 2 unspecified atom stereocenters. The topological polar surface area (TPSA) is 69.4 Å². The molecular weight excluding hydrogens is 300 g/mol. The monoisotopic (exact) mass is 313 g/mol. The van der Waals surface area contributed by atoms with Crippen LogP contribution in [0.2, 0.25) is 0 Å². The molecule has 18 heavy (non-hydrogen) atoms. The van der Waals surface area contributed by atoms with Gasteiger partial charge in [-0.2, -0.15) is 0 Å². The summed E-state index contributed by atoms with van der Waals surface area (Å²) in [6.45, 7) is 0. The SMILES string of the molecule is O=[N+]([O-])OC12C[C@H]3C[C@@H](C1)CC(P(=O)(Cl)Cl)(C3)C2. The van der Waals surface area contributed by atoms with Crippen molar-refractivity contribution in [2.45, 2.75) is 49.3 Å². The maximum Gasteiger partial charge on any atom is 0.295 e. The quantitative estimate of drug-likeness (QED) is 0.449. The predicted molar refractivity (Wildman–Crippen MR) is 67.5 cm³/mol. The predicted octanol–water partition coefficient (Wildman–Crippen LogP) is 3.96. The summed E-state index contributed by atoms with van der Waals surface area (Å²) in [7, 11) is 0. The molecule has 4 aliphatic rings. The van der Waals surface area contributed by atoms with E-state index in [9.17, 15) is 14.7 Å². The third-order valence-electron chi connectivity index (χ3n) is 4.80. The summed E-state index contributed by atoms with van der Waals surface area (Å²) in [6.07, 6.45) is 4.16. The fourth-order valence-corrected chi connectivity index (χ4v) is 7.30. The van der Waals surface area contributed by atoms with E-state index < -0.39 is 21.7 Å². The van der Waals surface area contributed by atoms with Crippen molar-refractivity contribution in [3.05, 3.63) is 10.1 Å². The molecule has 5 nitrogen and oxygen atoms in total. The number of hydrogen-bond acceptors (Lipinski definition) is 4. The Hall–Kier alpha value is 0.01000. The average Bonchev–Trinajstić information content (AvgIpc) is 2.10. The van der Waals surface area contributed by atoms with Crippen LogP contribution in [0.3, 0.4) is 0 Å². The van der Waals surface area contributed by atoms with Crippen LogP contribution in [0.15, 0.2) is 0 Å². The normalized spacial score (nSPS) is 46.1. The second-order valence-corrected chi connectivity index (χ2v) is 11.4. The van der Waals surface area contributed by atoms with Gasteiger partial charge in [0.05, 0.1) is 5.16 Å². The van der Waals surface area contributed by atoms with Crippen LogP contribution in [0.4, 0.5) is 0 Å². The van der Waals surface area contributed by atoms with Gasteiger partial charge in [0.2, 0.25) is 0 Å². The number of hydrogen-bond donors (Lipinski definition) is 0. The molecule has 4 bridgehead atoms. The van der Waals surface area contributed by atoms with Crippen LogP contribution in [-0.2, 0) is 9.40 Å². The Labute approximate surface area is 114 Å². The van der Waals surface area contributed by atoms with Crippen LogP contribution in [0.25, 0.3) is 0 Å². The average molecular weight is 314 g/mol. The largest absolute Gasteiger partial charge is 0.307 e. The first-order valence-corrected chi connectivity index (χ1v) is 9.58. The minimum Gasteiger partial charge on any atom is -0.307 e. The van der Waals surface area contributed by atoms with Crippen molar-refractivity contribution < 1.29 is 14.5 Å². The highest BCUT2D eigenvalue weighted by atomic mass is 35.9. The molecule has 0 aliphatic heterocycles. The molecule has 4 aliphatic carbocycles. The molecule has 0 aromatic heterocycles. The molecule has 4 rings (SSSR count). The van der Waals surface area contributed by atoms with Crippen LogP contribution in [0.5, 0.6) is 0 Å². The highest BCUT2D eigenvalue weighted by Crippen LogP contribution is 2.78. The zero-order valence-electron chi connectivity index (χ0n) is 9.68. The van der Waals surface area contributed by atoms with Crippen molar-refractivity contribution in [2.75, 3.05) is 0 Å². The lowest BCUT2D eigenvalue weighted by molar-refractivity contribution is -0.785. The van der Waals surface area contributed by atoms with E-state index in [-0.39, 0.29) is 0 Å². The summed E-state index contributed by atoms with van der Waals surface area (Å²) < 4.78 is 12.2. The van der Waals surface area contributed by atoms with Crippen LogP contribution < -0.4 is 0 Å². The van der Waals surface area contributed by atoms with Crippen molar-refractivity contribution in [3.63, 3.8) is 0 Å². The molecule has 0 aromatic rings. The van der Waals surface area contributed by atoms with E-state index in [2.05, 4.69) is 0 Å². The summed E-state index contributed by atoms with van der Waals surface area (Å²) in [4.78, 5) is 15.6. The van der Waals surface area contributed by atoms with Gasteiger partial charge < -0.3 is 4.84 Å². The second kappa shape index (κ2) is 3.77. The standard InChI is InChI=1S/C10H14Cl2NO4P/c11-18(12,16)10-4-7-1-8(5-10)3-9(2-7,6-10)17-13(14)15/h7-8H,1-6H2/t7-,8+,9?,10?. The van der Waals surface area contributed by atoms with Crippen LogP contribution in [0.1, 0.15) is 38.5 Å². The molecule has 4 saturated carbocycles. The van der Waals surface area contributed by atoms with E-state index in [1.165, 1.54) is 0 Å². The van der Waals surface area contributed by atoms with Crippen molar-refractivity contribution in [1.29, 1.82) is 0 Å². The van der Waals surface area contributed by atoms with Crippen molar-refractivity contribution in [1.82, 2.24) is 0 Å². The second-order valence-electron chi connectivity index (χ2n) is 6.15. The van der Waals surface area contributed by atoms with Crippen LogP contribution in [0, 0.1) is 22.0 Å².